The van der Waals surface area contributed by atoms with Crippen molar-refractivity contribution in [2.24, 2.45) is 0 Å². The van der Waals surface area contributed by atoms with Gasteiger partial charge in [-0.05, 0) is 30.7 Å². The summed E-state index contributed by atoms with van der Waals surface area (Å²) in [5.41, 5.74) is 7.94. The Morgan fingerprint density at radius 1 is 1.19 bits per heavy atom. The van der Waals surface area contributed by atoms with Crippen LogP contribution in [0.5, 0.6) is 11.5 Å². The number of hydrogen-bond acceptors (Lipinski definition) is 4. The molecule has 2 aromatic rings. The zero-order valence-corrected chi connectivity index (χ0v) is 11.6. The summed E-state index contributed by atoms with van der Waals surface area (Å²) in [6.07, 6.45) is -0.695. The molecule has 21 heavy (non-hydrogen) atoms. The normalized spacial score (nSPS) is 16.3. The van der Waals surface area contributed by atoms with E-state index in [1.54, 1.807) is 12.1 Å². The van der Waals surface area contributed by atoms with Gasteiger partial charge in [0.05, 0.1) is 11.4 Å². The number of ether oxygens (including phenoxy) is 2. The highest BCUT2D eigenvalue weighted by molar-refractivity contribution is 5.98. The highest BCUT2D eigenvalue weighted by atomic mass is 16.6. The molecular weight excluding hydrogens is 268 g/mol. The van der Waals surface area contributed by atoms with Gasteiger partial charge in [0, 0.05) is 0 Å². The number of para-hydroxylation sites is 3. The zero-order chi connectivity index (χ0) is 14.8. The van der Waals surface area contributed by atoms with Crippen LogP contribution in [0.1, 0.15) is 5.56 Å². The fourth-order valence-electron chi connectivity index (χ4n) is 2.21. The highest BCUT2D eigenvalue weighted by Crippen LogP contribution is 2.31. The molecule has 3 N–H and O–H groups in total. The second kappa shape index (κ2) is 5.36. The summed E-state index contributed by atoms with van der Waals surface area (Å²) in [5, 5.41) is 2.81. The van der Waals surface area contributed by atoms with Crippen molar-refractivity contribution in [3.63, 3.8) is 0 Å². The lowest BCUT2D eigenvalue weighted by atomic mass is 10.1. The average Bonchev–Trinajstić information content (AvgIpc) is 2.50. The monoisotopic (exact) mass is 284 g/mol. The van der Waals surface area contributed by atoms with Crippen LogP contribution >= 0.6 is 0 Å². The van der Waals surface area contributed by atoms with Gasteiger partial charge in [0.2, 0.25) is 6.10 Å². The van der Waals surface area contributed by atoms with Gasteiger partial charge >= 0.3 is 0 Å². The first-order valence-corrected chi connectivity index (χ1v) is 6.69. The van der Waals surface area contributed by atoms with Crippen molar-refractivity contribution in [1.29, 1.82) is 0 Å². The van der Waals surface area contributed by atoms with E-state index >= 15 is 0 Å². The lowest BCUT2D eigenvalue weighted by Gasteiger charge is -2.26. The van der Waals surface area contributed by atoms with Crippen molar-refractivity contribution in [2.75, 3.05) is 17.7 Å². The predicted molar refractivity (Wildman–Crippen MR) is 80.6 cm³/mol. The lowest BCUT2D eigenvalue weighted by molar-refractivity contribution is -0.125. The fraction of sp³-hybridized carbons (Fsp3) is 0.188. The number of nitrogen functional groups attached to an aromatic ring is 1. The van der Waals surface area contributed by atoms with Crippen LogP contribution in [0.25, 0.3) is 0 Å². The van der Waals surface area contributed by atoms with Crippen LogP contribution in [0, 0.1) is 6.92 Å². The van der Waals surface area contributed by atoms with Crippen molar-refractivity contribution in [1.82, 2.24) is 0 Å². The van der Waals surface area contributed by atoms with Gasteiger partial charge in [0.15, 0.2) is 11.5 Å². The Bertz CT molecular complexity index is 665. The summed E-state index contributed by atoms with van der Waals surface area (Å²) in [7, 11) is 0. The number of aryl methyl sites for hydroxylation is 1. The largest absolute Gasteiger partial charge is 0.485 e. The Morgan fingerprint density at radius 3 is 2.71 bits per heavy atom. The molecule has 0 saturated carbocycles. The van der Waals surface area contributed by atoms with E-state index in [2.05, 4.69) is 5.32 Å². The van der Waals surface area contributed by atoms with Crippen molar-refractivity contribution >= 4 is 17.3 Å². The van der Waals surface area contributed by atoms with Gasteiger partial charge in [0.25, 0.3) is 5.91 Å². The molecule has 1 aliphatic heterocycles. The van der Waals surface area contributed by atoms with E-state index in [0.717, 1.165) is 5.56 Å². The number of benzene rings is 2. The standard InChI is InChI=1S/C16H16N2O3/c1-10-5-4-6-11(17)15(10)18-16(19)14-9-20-12-7-2-3-8-13(12)21-14/h2-8,14H,9,17H2,1H3,(H,18,19). The molecule has 1 aliphatic rings. The Morgan fingerprint density at radius 2 is 1.95 bits per heavy atom. The van der Waals surface area contributed by atoms with Gasteiger partial charge in [-0.1, -0.05) is 24.3 Å². The zero-order valence-electron chi connectivity index (χ0n) is 11.6. The molecular formula is C16H16N2O3. The van der Waals surface area contributed by atoms with E-state index in [-0.39, 0.29) is 12.5 Å². The number of rotatable bonds is 2. The highest BCUT2D eigenvalue weighted by Gasteiger charge is 2.27. The smallest absolute Gasteiger partial charge is 0.269 e. The molecule has 0 radical (unpaired) electrons. The topological polar surface area (TPSA) is 73.6 Å². The van der Waals surface area contributed by atoms with Crippen LogP contribution in [0.15, 0.2) is 42.5 Å². The molecule has 3 rings (SSSR count). The second-order valence-corrected chi connectivity index (χ2v) is 4.89. The van der Waals surface area contributed by atoms with Gasteiger partial charge in [-0.3, -0.25) is 4.79 Å². The van der Waals surface area contributed by atoms with Crippen molar-refractivity contribution < 1.29 is 14.3 Å². The fourth-order valence-corrected chi connectivity index (χ4v) is 2.21. The van der Waals surface area contributed by atoms with Gasteiger partial charge in [-0.25, -0.2) is 0 Å². The predicted octanol–water partition coefficient (Wildman–Crippen LogP) is 2.36. The first-order valence-electron chi connectivity index (χ1n) is 6.69. The Labute approximate surface area is 122 Å². The van der Waals surface area contributed by atoms with Crippen LogP contribution in [0.4, 0.5) is 11.4 Å². The maximum atomic E-state index is 12.3. The summed E-state index contributed by atoms with van der Waals surface area (Å²) in [5.74, 6) is 0.948. The molecule has 0 bridgehead atoms. The Hall–Kier alpha value is -2.69. The van der Waals surface area contributed by atoms with E-state index in [4.69, 9.17) is 15.2 Å². The maximum Gasteiger partial charge on any atom is 0.269 e. The van der Waals surface area contributed by atoms with Gasteiger partial charge in [-0.2, -0.15) is 0 Å². The first-order chi connectivity index (χ1) is 10.1. The van der Waals surface area contributed by atoms with Gasteiger partial charge in [-0.15, -0.1) is 0 Å². The third-order valence-corrected chi connectivity index (χ3v) is 3.35. The third-order valence-electron chi connectivity index (χ3n) is 3.35. The van der Waals surface area contributed by atoms with Crippen LogP contribution in [0.2, 0.25) is 0 Å². The van der Waals surface area contributed by atoms with E-state index in [0.29, 0.717) is 22.9 Å². The summed E-state index contributed by atoms with van der Waals surface area (Å²) >= 11 is 0. The summed E-state index contributed by atoms with van der Waals surface area (Å²) < 4.78 is 11.2. The van der Waals surface area contributed by atoms with Crippen molar-refractivity contribution in [3.8, 4) is 11.5 Å². The van der Waals surface area contributed by atoms with Crippen LogP contribution in [-0.4, -0.2) is 18.6 Å². The number of amides is 1. The Balaban J connectivity index is 1.76. The number of nitrogens with two attached hydrogens (primary N) is 1. The molecule has 2 aromatic carbocycles. The van der Waals surface area contributed by atoms with Gasteiger partial charge < -0.3 is 20.5 Å². The molecule has 1 atom stereocenters. The molecule has 108 valence electrons. The second-order valence-electron chi connectivity index (χ2n) is 4.89. The number of carbonyl (C=O) groups excluding carboxylic acids is 1. The summed E-state index contributed by atoms with van der Waals surface area (Å²) in [6, 6.07) is 12.8. The van der Waals surface area contributed by atoms with E-state index < -0.39 is 6.10 Å². The number of anilines is 2. The number of hydrogen-bond donors (Lipinski definition) is 2. The molecule has 0 fully saturated rings. The number of fused-ring (bicyclic) bond motifs is 1. The molecule has 0 spiro atoms. The minimum Gasteiger partial charge on any atom is -0.485 e. The van der Waals surface area contributed by atoms with Crippen LogP contribution < -0.4 is 20.5 Å². The summed E-state index contributed by atoms with van der Waals surface area (Å²) in [6.45, 7) is 2.06. The molecule has 0 aromatic heterocycles. The van der Waals surface area contributed by atoms with Crippen molar-refractivity contribution in [3.05, 3.63) is 48.0 Å². The average molecular weight is 284 g/mol. The molecule has 1 heterocycles. The minimum atomic E-state index is -0.695. The van der Waals surface area contributed by atoms with Crippen LogP contribution in [-0.2, 0) is 4.79 Å². The third kappa shape index (κ3) is 2.63. The molecule has 1 unspecified atom stereocenters. The van der Waals surface area contributed by atoms with E-state index in [9.17, 15) is 4.79 Å². The number of carbonyl (C=O) groups is 1. The SMILES string of the molecule is Cc1cccc(N)c1NC(=O)C1COc2ccccc2O1. The molecule has 0 aliphatic carbocycles. The van der Waals surface area contributed by atoms with Crippen molar-refractivity contribution in [2.45, 2.75) is 13.0 Å². The lowest BCUT2D eigenvalue weighted by Crippen LogP contribution is -2.40. The Kier molecular flexibility index (Phi) is 3.39. The van der Waals surface area contributed by atoms with Gasteiger partial charge in [0.1, 0.15) is 6.61 Å². The molecule has 5 heteroatoms. The minimum absolute atomic E-state index is 0.175. The van der Waals surface area contributed by atoms with E-state index in [1.807, 2.05) is 37.3 Å². The molecule has 1 amide bonds. The first kappa shape index (κ1) is 13.3. The quantitative estimate of drug-likeness (QED) is 0.830. The maximum absolute atomic E-state index is 12.3. The summed E-state index contributed by atoms with van der Waals surface area (Å²) in [4.78, 5) is 12.3. The van der Waals surface area contributed by atoms with E-state index in [1.165, 1.54) is 0 Å². The number of nitrogens with one attached hydrogen (secondary N) is 1. The van der Waals surface area contributed by atoms with Crippen LogP contribution in [0.3, 0.4) is 0 Å². The molecule has 0 saturated heterocycles. The molecule has 5 nitrogen and oxygen atoms in total.